The van der Waals surface area contributed by atoms with Crippen LogP contribution in [0.25, 0.3) is 0 Å². The molecule has 0 aromatic heterocycles. The van der Waals surface area contributed by atoms with E-state index in [1.807, 2.05) is 12.1 Å². The normalized spacial score (nSPS) is 16.1. The highest BCUT2D eigenvalue weighted by Crippen LogP contribution is 2.22. The molecule has 1 aliphatic heterocycles. The Balaban J connectivity index is 2.14. The van der Waals surface area contributed by atoms with Crippen molar-refractivity contribution in [3.63, 3.8) is 0 Å². The molecule has 1 N–H and O–H groups in total. The van der Waals surface area contributed by atoms with Gasteiger partial charge in [0.15, 0.2) is 0 Å². The van der Waals surface area contributed by atoms with Gasteiger partial charge in [0.25, 0.3) is 0 Å². The summed E-state index contributed by atoms with van der Waals surface area (Å²) in [6.45, 7) is 3.14. The first-order valence-corrected chi connectivity index (χ1v) is 7.32. The van der Waals surface area contributed by atoms with Crippen LogP contribution in [0.5, 0.6) is 5.75 Å². The lowest BCUT2D eigenvalue weighted by Crippen LogP contribution is -2.24. The van der Waals surface area contributed by atoms with Crippen LogP contribution in [0.2, 0.25) is 0 Å². The molecule has 20 heavy (non-hydrogen) atoms. The fraction of sp³-hybridized carbons (Fsp3) is 0.529. The molecule has 1 heterocycles. The van der Waals surface area contributed by atoms with Crippen LogP contribution >= 0.6 is 0 Å². The second-order valence-corrected chi connectivity index (χ2v) is 5.18. The van der Waals surface area contributed by atoms with Gasteiger partial charge in [-0.1, -0.05) is 24.7 Å². The first kappa shape index (κ1) is 14.9. The van der Waals surface area contributed by atoms with Crippen molar-refractivity contribution in [1.29, 1.82) is 0 Å². The molecule has 0 atom stereocenters. The lowest BCUT2D eigenvalue weighted by Gasteiger charge is -2.21. The van der Waals surface area contributed by atoms with Crippen molar-refractivity contribution in [2.45, 2.75) is 32.2 Å². The summed E-state index contributed by atoms with van der Waals surface area (Å²) >= 11 is 0. The Morgan fingerprint density at radius 2 is 1.95 bits per heavy atom. The van der Waals surface area contributed by atoms with Crippen LogP contribution in [0.4, 0.5) is 0 Å². The predicted octanol–water partition coefficient (Wildman–Crippen LogP) is 2.42. The van der Waals surface area contributed by atoms with E-state index in [2.05, 4.69) is 22.8 Å². The van der Waals surface area contributed by atoms with Gasteiger partial charge in [0.2, 0.25) is 0 Å². The maximum atomic E-state index is 8.78. The van der Waals surface area contributed by atoms with Crippen LogP contribution in [0.3, 0.4) is 0 Å². The lowest BCUT2D eigenvalue weighted by atomic mass is 10.1. The van der Waals surface area contributed by atoms with Crippen molar-refractivity contribution in [2.75, 3.05) is 26.8 Å². The van der Waals surface area contributed by atoms with E-state index in [1.54, 1.807) is 7.11 Å². The number of hydrogen-bond acceptors (Lipinski definition) is 3. The van der Waals surface area contributed by atoms with Gasteiger partial charge in [-0.2, -0.15) is 0 Å². The van der Waals surface area contributed by atoms with E-state index in [0.717, 1.165) is 30.9 Å². The molecule has 1 saturated heterocycles. The van der Waals surface area contributed by atoms with Gasteiger partial charge in [0.1, 0.15) is 12.4 Å². The number of likely N-dealkylation sites (tertiary alicyclic amines) is 1. The topological polar surface area (TPSA) is 32.7 Å². The second-order valence-electron chi connectivity index (χ2n) is 5.18. The molecule has 108 valence electrons. The maximum absolute atomic E-state index is 8.78. The fourth-order valence-corrected chi connectivity index (χ4v) is 2.66. The molecule has 0 bridgehead atoms. The van der Waals surface area contributed by atoms with E-state index in [4.69, 9.17) is 9.84 Å². The van der Waals surface area contributed by atoms with Gasteiger partial charge in [-0.05, 0) is 44.1 Å². The molecule has 0 radical (unpaired) electrons. The summed E-state index contributed by atoms with van der Waals surface area (Å²) in [5, 5.41) is 8.78. The molecule has 1 aliphatic rings. The summed E-state index contributed by atoms with van der Waals surface area (Å²) in [7, 11) is 1.71. The third-order valence-corrected chi connectivity index (χ3v) is 3.68. The Bertz CT molecular complexity index is 479. The minimum atomic E-state index is -0.104. The number of nitrogens with zero attached hydrogens (tertiary/aromatic N) is 1. The molecule has 0 aliphatic carbocycles. The van der Waals surface area contributed by atoms with Crippen molar-refractivity contribution < 1.29 is 9.84 Å². The van der Waals surface area contributed by atoms with E-state index in [-0.39, 0.29) is 6.61 Å². The zero-order valence-corrected chi connectivity index (χ0v) is 12.2. The van der Waals surface area contributed by atoms with Crippen molar-refractivity contribution in [2.24, 2.45) is 0 Å². The van der Waals surface area contributed by atoms with Gasteiger partial charge in [0, 0.05) is 17.7 Å². The largest absolute Gasteiger partial charge is 0.496 e. The molecule has 3 nitrogen and oxygen atoms in total. The number of methoxy groups -OCH3 is 1. The summed E-state index contributed by atoms with van der Waals surface area (Å²) in [5.74, 6) is 6.58. The van der Waals surface area contributed by atoms with Crippen LogP contribution in [-0.4, -0.2) is 36.8 Å². The summed E-state index contributed by atoms with van der Waals surface area (Å²) in [4.78, 5) is 2.49. The number of aliphatic hydroxyl groups excluding tert-OH is 1. The first-order chi connectivity index (χ1) is 9.83. The van der Waals surface area contributed by atoms with Gasteiger partial charge in [-0.25, -0.2) is 0 Å². The first-order valence-electron chi connectivity index (χ1n) is 7.32. The smallest absolute Gasteiger partial charge is 0.123 e. The van der Waals surface area contributed by atoms with E-state index < -0.39 is 0 Å². The monoisotopic (exact) mass is 273 g/mol. The predicted molar refractivity (Wildman–Crippen MR) is 80.7 cm³/mol. The molecule has 2 rings (SSSR count). The average molecular weight is 273 g/mol. The number of rotatable bonds is 3. The summed E-state index contributed by atoms with van der Waals surface area (Å²) < 4.78 is 5.45. The lowest BCUT2D eigenvalue weighted by molar-refractivity contribution is 0.271. The molecule has 1 aromatic rings. The molecule has 0 amide bonds. The van der Waals surface area contributed by atoms with Crippen LogP contribution in [0.15, 0.2) is 18.2 Å². The van der Waals surface area contributed by atoms with Crippen LogP contribution in [0, 0.1) is 11.8 Å². The van der Waals surface area contributed by atoms with E-state index >= 15 is 0 Å². The average Bonchev–Trinajstić information content (AvgIpc) is 2.74. The number of benzene rings is 1. The van der Waals surface area contributed by atoms with Gasteiger partial charge >= 0.3 is 0 Å². The zero-order chi connectivity index (χ0) is 14.2. The van der Waals surface area contributed by atoms with Crippen LogP contribution < -0.4 is 4.74 Å². The van der Waals surface area contributed by atoms with Crippen LogP contribution in [-0.2, 0) is 6.54 Å². The minimum Gasteiger partial charge on any atom is -0.496 e. The Morgan fingerprint density at radius 1 is 1.20 bits per heavy atom. The molecule has 1 fully saturated rings. The van der Waals surface area contributed by atoms with E-state index in [9.17, 15) is 0 Å². The summed E-state index contributed by atoms with van der Waals surface area (Å²) in [6, 6.07) is 5.98. The van der Waals surface area contributed by atoms with Gasteiger partial charge in [-0.15, -0.1) is 0 Å². The van der Waals surface area contributed by atoms with Crippen molar-refractivity contribution in [1.82, 2.24) is 4.90 Å². The number of hydrogen-bond donors (Lipinski definition) is 1. The molecule has 1 aromatic carbocycles. The number of aliphatic hydroxyl groups is 1. The molecular formula is C17H23NO2. The minimum absolute atomic E-state index is 0.104. The Kier molecular flexibility index (Phi) is 5.91. The summed E-state index contributed by atoms with van der Waals surface area (Å²) in [5.41, 5.74) is 2.11. The molecular weight excluding hydrogens is 250 g/mol. The highest BCUT2D eigenvalue weighted by molar-refractivity contribution is 5.44. The van der Waals surface area contributed by atoms with Crippen molar-refractivity contribution in [3.8, 4) is 17.6 Å². The zero-order valence-electron chi connectivity index (χ0n) is 12.2. The molecule has 0 unspecified atom stereocenters. The number of ether oxygens (including phenoxy) is 1. The highest BCUT2D eigenvalue weighted by Gasteiger charge is 2.12. The third kappa shape index (κ3) is 4.26. The van der Waals surface area contributed by atoms with Gasteiger partial charge < -0.3 is 9.84 Å². The Morgan fingerprint density at radius 3 is 2.60 bits per heavy atom. The van der Waals surface area contributed by atoms with Crippen LogP contribution in [0.1, 0.15) is 36.8 Å². The third-order valence-electron chi connectivity index (χ3n) is 3.68. The molecule has 0 spiro atoms. The van der Waals surface area contributed by atoms with Gasteiger partial charge in [-0.3, -0.25) is 4.90 Å². The second kappa shape index (κ2) is 7.94. The van der Waals surface area contributed by atoms with E-state index in [1.165, 1.54) is 31.2 Å². The summed E-state index contributed by atoms with van der Waals surface area (Å²) in [6.07, 6.45) is 5.25. The Hall–Kier alpha value is -1.50. The van der Waals surface area contributed by atoms with E-state index in [0.29, 0.717) is 0 Å². The standard InChI is InChI=1S/C17H23NO2/c1-20-17-9-8-15(7-6-12-19)13-16(17)14-18-10-4-2-3-5-11-18/h8-9,13,19H,2-5,10-12,14H2,1H3. The SMILES string of the molecule is COc1ccc(C#CCO)cc1CN1CCCCCC1. The quantitative estimate of drug-likeness (QED) is 0.859. The Labute approximate surface area is 121 Å². The maximum Gasteiger partial charge on any atom is 0.123 e. The highest BCUT2D eigenvalue weighted by atomic mass is 16.5. The fourth-order valence-electron chi connectivity index (χ4n) is 2.66. The van der Waals surface area contributed by atoms with Crippen molar-refractivity contribution in [3.05, 3.63) is 29.3 Å². The van der Waals surface area contributed by atoms with Gasteiger partial charge in [0.05, 0.1) is 7.11 Å². The molecule has 3 heteroatoms. The van der Waals surface area contributed by atoms with Crippen molar-refractivity contribution >= 4 is 0 Å². The molecule has 0 saturated carbocycles.